The van der Waals surface area contributed by atoms with Crippen LogP contribution in [0.3, 0.4) is 0 Å². The molecule has 0 aliphatic carbocycles. The molecule has 6 nitrogen and oxygen atoms in total. The molecule has 0 saturated heterocycles. The van der Waals surface area contributed by atoms with Crippen molar-refractivity contribution in [2.75, 3.05) is 6.54 Å². The summed E-state index contributed by atoms with van der Waals surface area (Å²) in [5.41, 5.74) is 13.8. The predicted molar refractivity (Wildman–Crippen MR) is 107 cm³/mol. The van der Waals surface area contributed by atoms with E-state index >= 15 is 0 Å². The highest BCUT2D eigenvalue weighted by molar-refractivity contribution is 5.85. The van der Waals surface area contributed by atoms with Crippen molar-refractivity contribution in [2.45, 2.75) is 51.2 Å². The fourth-order valence-electron chi connectivity index (χ4n) is 2.72. The number of hydrogen-bond donors (Lipinski definition) is 3. The van der Waals surface area contributed by atoms with Gasteiger partial charge in [-0.1, -0.05) is 50.1 Å². The molecule has 0 bridgehead atoms. The molecule has 5 N–H and O–H groups in total. The number of benzene rings is 1. The molecule has 7 heteroatoms. The zero-order valence-corrected chi connectivity index (χ0v) is 16.1. The average molecular weight is 380 g/mol. The van der Waals surface area contributed by atoms with Gasteiger partial charge in [-0.05, 0) is 12.0 Å². The van der Waals surface area contributed by atoms with Gasteiger partial charge in [-0.2, -0.15) is 0 Å². The lowest BCUT2D eigenvalue weighted by Crippen LogP contribution is -2.48. The molecule has 0 aliphatic rings. The zero-order chi connectivity index (χ0) is 18.1. The second-order valence-electron chi connectivity index (χ2n) is 6.42. The monoisotopic (exact) mass is 379 g/mol. The Bertz CT molecular complexity index is 646. The van der Waals surface area contributed by atoms with Crippen LogP contribution in [0.5, 0.6) is 0 Å². The Kier molecular flexibility index (Phi) is 9.95. The third-order valence-corrected chi connectivity index (χ3v) is 4.20. The van der Waals surface area contributed by atoms with E-state index in [4.69, 9.17) is 11.5 Å². The largest absolute Gasteiger partial charge is 0.351 e. The molecule has 1 amide bonds. The number of halogens is 1. The lowest BCUT2D eigenvalue weighted by atomic mass is 10.1. The van der Waals surface area contributed by atoms with Gasteiger partial charge in [0.2, 0.25) is 5.91 Å². The molecule has 2 rings (SSSR count). The Morgan fingerprint density at radius 3 is 2.69 bits per heavy atom. The molecular formula is C19H30ClN5O. The van der Waals surface area contributed by atoms with E-state index < -0.39 is 6.04 Å². The van der Waals surface area contributed by atoms with Crippen molar-refractivity contribution in [1.29, 1.82) is 0 Å². The second kappa shape index (κ2) is 11.7. The highest BCUT2D eigenvalue weighted by atomic mass is 35.5. The Labute approximate surface area is 161 Å². The molecule has 1 aromatic heterocycles. The van der Waals surface area contributed by atoms with Gasteiger partial charge >= 0.3 is 0 Å². The third-order valence-electron chi connectivity index (χ3n) is 4.20. The molecule has 144 valence electrons. The van der Waals surface area contributed by atoms with Crippen LogP contribution < -0.4 is 16.8 Å². The van der Waals surface area contributed by atoms with Gasteiger partial charge in [0.25, 0.3) is 0 Å². The highest BCUT2D eigenvalue weighted by Gasteiger charge is 2.18. The van der Waals surface area contributed by atoms with E-state index in [1.165, 1.54) is 5.56 Å². The van der Waals surface area contributed by atoms with E-state index in [0.717, 1.165) is 31.5 Å². The summed E-state index contributed by atoms with van der Waals surface area (Å²) in [6, 6.07) is 9.55. The first kappa shape index (κ1) is 22.2. The van der Waals surface area contributed by atoms with Crippen LogP contribution in [-0.2, 0) is 17.8 Å². The van der Waals surface area contributed by atoms with Crippen LogP contribution in [0.1, 0.15) is 37.4 Å². The Morgan fingerprint density at radius 2 is 2.04 bits per heavy atom. The minimum atomic E-state index is -0.615. The van der Waals surface area contributed by atoms with Crippen molar-refractivity contribution < 1.29 is 4.79 Å². The third kappa shape index (κ3) is 7.15. The summed E-state index contributed by atoms with van der Waals surface area (Å²) in [7, 11) is 0. The van der Waals surface area contributed by atoms with Crippen molar-refractivity contribution in [3.05, 3.63) is 54.1 Å². The molecule has 1 unspecified atom stereocenters. The molecule has 0 saturated carbocycles. The molecular weight excluding hydrogens is 350 g/mol. The van der Waals surface area contributed by atoms with Gasteiger partial charge in [0.05, 0.1) is 18.1 Å². The summed E-state index contributed by atoms with van der Waals surface area (Å²) in [5.74, 6) is -0.163. The first-order chi connectivity index (χ1) is 12.1. The summed E-state index contributed by atoms with van der Waals surface area (Å²) in [6.45, 7) is 3.30. The number of nitrogens with two attached hydrogens (primary N) is 2. The number of unbranched alkanes of at least 4 members (excludes halogenated alkanes) is 1. The van der Waals surface area contributed by atoms with Crippen LogP contribution in [0.4, 0.5) is 0 Å². The highest BCUT2D eigenvalue weighted by Crippen LogP contribution is 2.06. The summed E-state index contributed by atoms with van der Waals surface area (Å²) in [6.07, 6.45) is 7.14. The van der Waals surface area contributed by atoms with Crippen LogP contribution >= 0.6 is 12.4 Å². The van der Waals surface area contributed by atoms with E-state index in [9.17, 15) is 4.79 Å². The maximum absolute atomic E-state index is 12.3. The molecule has 1 aromatic carbocycles. The molecule has 2 aromatic rings. The van der Waals surface area contributed by atoms with Crippen LogP contribution in [0, 0.1) is 0 Å². The van der Waals surface area contributed by atoms with Gasteiger partial charge in [0.15, 0.2) is 0 Å². The van der Waals surface area contributed by atoms with Crippen molar-refractivity contribution in [1.82, 2.24) is 14.9 Å². The Hall–Kier alpha value is -1.89. The van der Waals surface area contributed by atoms with Crippen molar-refractivity contribution in [3.63, 3.8) is 0 Å². The molecule has 1 heterocycles. The normalized spacial score (nSPS) is 12.9. The van der Waals surface area contributed by atoms with Crippen molar-refractivity contribution >= 4 is 18.3 Å². The van der Waals surface area contributed by atoms with Crippen LogP contribution in [0.15, 0.2) is 42.9 Å². The van der Waals surface area contributed by atoms with E-state index in [1.54, 1.807) is 6.33 Å². The van der Waals surface area contributed by atoms with Gasteiger partial charge in [0.1, 0.15) is 0 Å². The predicted octanol–water partition coefficient (Wildman–Crippen LogP) is 1.86. The molecule has 0 radical (unpaired) electrons. The fraction of sp³-hybridized carbons (Fsp3) is 0.474. The maximum Gasteiger partial charge on any atom is 0.237 e. The minimum absolute atomic E-state index is 0. The Morgan fingerprint density at radius 1 is 1.31 bits per heavy atom. The maximum atomic E-state index is 12.3. The van der Waals surface area contributed by atoms with E-state index in [-0.39, 0.29) is 24.4 Å². The van der Waals surface area contributed by atoms with Gasteiger partial charge in [0, 0.05) is 31.7 Å². The van der Waals surface area contributed by atoms with Crippen LogP contribution in [0.2, 0.25) is 0 Å². The number of nitrogens with one attached hydrogen (secondary N) is 1. The summed E-state index contributed by atoms with van der Waals surface area (Å²) >= 11 is 0. The smallest absolute Gasteiger partial charge is 0.237 e. The second-order valence-corrected chi connectivity index (χ2v) is 6.42. The summed E-state index contributed by atoms with van der Waals surface area (Å²) in [4.78, 5) is 16.6. The van der Waals surface area contributed by atoms with Crippen molar-refractivity contribution in [2.24, 2.45) is 11.5 Å². The van der Waals surface area contributed by atoms with E-state index in [0.29, 0.717) is 13.0 Å². The first-order valence-corrected chi connectivity index (χ1v) is 8.93. The number of hydrogen-bond acceptors (Lipinski definition) is 4. The molecule has 0 spiro atoms. The summed E-state index contributed by atoms with van der Waals surface area (Å²) in [5, 5.41) is 2.94. The SMILES string of the molecule is CCCCC(CN)NC(=O)[C@@H](N)Cc1cn(Cc2ccccc2)cn1.Cl. The van der Waals surface area contributed by atoms with E-state index in [2.05, 4.69) is 29.4 Å². The van der Waals surface area contributed by atoms with Gasteiger partial charge in [-0.25, -0.2) is 4.98 Å². The minimum Gasteiger partial charge on any atom is -0.351 e. The lowest BCUT2D eigenvalue weighted by molar-refractivity contribution is -0.123. The zero-order valence-electron chi connectivity index (χ0n) is 15.3. The number of carbonyl (C=O) groups is 1. The number of imidazole rings is 1. The van der Waals surface area contributed by atoms with Crippen LogP contribution in [0.25, 0.3) is 0 Å². The average Bonchev–Trinajstić information content (AvgIpc) is 3.06. The number of rotatable bonds is 10. The Balaban J connectivity index is 0.00000338. The topological polar surface area (TPSA) is 99.0 Å². The number of carbonyl (C=O) groups excluding carboxylic acids is 1. The number of amides is 1. The summed E-state index contributed by atoms with van der Waals surface area (Å²) < 4.78 is 2.00. The molecule has 0 fully saturated rings. The van der Waals surface area contributed by atoms with Crippen molar-refractivity contribution in [3.8, 4) is 0 Å². The molecule has 2 atom stereocenters. The quantitative estimate of drug-likeness (QED) is 0.586. The van der Waals surface area contributed by atoms with Crippen LogP contribution in [-0.4, -0.2) is 34.1 Å². The molecule has 26 heavy (non-hydrogen) atoms. The first-order valence-electron chi connectivity index (χ1n) is 8.93. The van der Waals surface area contributed by atoms with Gasteiger partial charge in [-0.15, -0.1) is 12.4 Å². The van der Waals surface area contributed by atoms with E-state index in [1.807, 2.05) is 29.0 Å². The molecule has 0 aliphatic heterocycles. The number of aromatic nitrogens is 2. The number of nitrogens with zero attached hydrogens (tertiary/aromatic N) is 2. The lowest BCUT2D eigenvalue weighted by Gasteiger charge is -2.19. The fourth-order valence-corrected chi connectivity index (χ4v) is 2.72. The van der Waals surface area contributed by atoms with Gasteiger partial charge in [-0.3, -0.25) is 4.79 Å². The standard InChI is InChI=1S/C19H29N5O.ClH/c1-2-3-9-16(11-20)23-19(25)18(21)10-17-13-24(14-22-17)12-15-7-5-4-6-8-15;/h4-8,13-14,16,18H,2-3,9-12,20-21H2,1H3,(H,23,25);1H/t16?,18-;/m0./s1. The van der Waals surface area contributed by atoms with Gasteiger partial charge < -0.3 is 21.4 Å².